The van der Waals surface area contributed by atoms with Crippen LogP contribution < -0.4 is 10.1 Å². The average Bonchev–Trinajstić information content (AvgIpc) is 3.27. The molecule has 0 radical (unpaired) electrons. The van der Waals surface area contributed by atoms with Gasteiger partial charge in [0, 0.05) is 29.1 Å². The Balaban J connectivity index is 1.51. The molecular weight excluding hydrogens is 278 g/mol. The Kier molecular flexibility index (Phi) is 3.04. The summed E-state index contributed by atoms with van der Waals surface area (Å²) in [7, 11) is 0. The second-order valence-corrected chi connectivity index (χ2v) is 5.45. The number of nitrogens with one attached hydrogen (secondary N) is 2. The second-order valence-electron chi connectivity index (χ2n) is 5.45. The lowest BCUT2D eigenvalue weighted by molar-refractivity contribution is -0.117. The minimum absolute atomic E-state index is 0.0764. The van der Waals surface area contributed by atoms with Crippen LogP contribution in [0, 0.1) is 5.92 Å². The molecule has 5 heteroatoms. The molecule has 4 rings (SSSR count). The largest absolute Gasteiger partial charge is 0.438 e. The zero-order chi connectivity index (χ0) is 14.9. The van der Waals surface area contributed by atoms with E-state index in [1.807, 2.05) is 30.5 Å². The second kappa shape index (κ2) is 5.18. The third-order valence-electron chi connectivity index (χ3n) is 3.72. The number of H-pyrrole nitrogens is 1. The minimum atomic E-state index is 0.0764. The summed E-state index contributed by atoms with van der Waals surface area (Å²) in [5.74, 6) is 1.51. The molecule has 0 saturated heterocycles. The Labute approximate surface area is 127 Å². The maximum Gasteiger partial charge on any atom is 0.227 e. The number of pyridine rings is 1. The molecule has 0 spiro atoms. The number of anilines is 1. The van der Waals surface area contributed by atoms with Crippen molar-refractivity contribution in [3.05, 3.63) is 48.8 Å². The van der Waals surface area contributed by atoms with Gasteiger partial charge in [-0.1, -0.05) is 6.07 Å². The Morgan fingerprint density at radius 2 is 2.14 bits per heavy atom. The standard InChI is InChI=1S/C17H15N3O2/c21-17(11-4-5-11)20-12-6-7-16(19-10-12)22-15-3-1-2-14-13(15)8-9-18-14/h1-3,6-11,18H,4-5H2,(H,20,21). The summed E-state index contributed by atoms with van der Waals surface area (Å²) >= 11 is 0. The molecule has 0 unspecified atom stereocenters. The number of hydrogen-bond acceptors (Lipinski definition) is 3. The van der Waals surface area contributed by atoms with E-state index in [2.05, 4.69) is 15.3 Å². The van der Waals surface area contributed by atoms with Gasteiger partial charge in [-0.15, -0.1) is 0 Å². The highest BCUT2D eigenvalue weighted by Crippen LogP contribution is 2.31. The van der Waals surface area contributed by atoms with E-state index in [1.54, 1.807) is 18.3 Å². The average molecular weight is 293 g/mol. The zero-order valence-electron chi connectivity index (χ0n) is 11.9. The topological polar surface area (TPSA) is 67.0 Å². The van der Waals surface area contributed by atoms with E-state index in [-0.39, 0.29) is 11.8 Å². The van der Waals surface area contributed by atoms with E-state index in [0.717, 1.165) is 29.5 Å². The van der Waals surface area contributed by atoms with Crippen LogP contribution in [0.4, 0.5) is 5.69 Å². The molecule has 0 aliphatic heterocycles. The minimum Gasteiger partial charge on any atom is -0.438 e. The SMILES string of the molecule is O=C(Nc1ccc(Oc2cccc3[nH]ccc23)nc1)C1CC1. The summed E-state index contributed by atoms with van der Waals surface area (Å²) < 4.78 is 5.83. The number of aromatic nitrogens is 2. The number of nitrogens with zero attached hydrogens (tertiary/aromatic N) is 1. The number of benzene rings is 1. The fourth-order valence-corrected chi connectivity index (χ4v) is 2.36. The predicted octanol–water partition coefficient (Wildman–Crippen LogP) is 3.70. The summed E-state index contributed by atoms with van der Waals surface area (Å²) in [5.41, 5.74) is 1.72. The van der Waals surface area contributed by atoms with Crippen molar-refractivity contribution in [2.45, 2.75) is 12.8 Å². The molecule has 2 aromatic heterocycles. The number of fused-ring (bicyclic) bond motifs is 1. The molecule has 110 valence electrons. The fraction of sp³-hybridized carbons (Fsp3) is 0.176. The van der Waals surface area contributed by atoms with Crippen molar-refractivity contribution in [2.75, 3.05) is 5.32 Å². The van der Waals surface area contributed by atoms with Crippen molar-refractivity contribution >= 4 is 22.5 Å². The van der Waals surface area contributed by atoms with E-state index in [1.165, 1.54) is 0 Å². The van der Waals surface area contributed by atoms with Crippen LogP contribution in [-0.2, 0) is 4.79 Å². The summed E-state index contributed by atoms with van der Waals surface area (Å²) in [6.07, 6.45) is 5.47. The van der Waals surface area contributed by atoms with Crippen LogP contribution in [0.15, 0.2) is 48.8 Å². The van der Waals surface area contributed by atoms with E-state index in [0.29, 0.717) is 11.6 Å². The highest BCUT2D eigenvalue weighted by atomic mass is 16.5. The van der Waals surface area contributed by atoms with Crippen LogP contribution in [0.2, 0.25) is 0 Å². The molecule has 1 aromatic carbocycles. The summed E-state index contributed by atoms with van der Waals surface area (Å²) in [6, 6.07) is 11.4. The van der Waals surface area contributed by atoms with E-state index < -0.39 is 0 Å². The first-order valence-corrected chi connectivity index (χ1v) is 7.30. The van der Waals surface area contributed by atoms with Crippen LogP contribution in [0.25, 0.3) is 10.9 Å². The number of hydrogen-bond donors (Lipinski definition) is 2. The van der Waals surface area contributed by atoms with Gasteiger partial charge in [-0.2, -0.15) is 0 Å². The molecule has 22 heavy (non-hydrogen) atoms. The third-order valence-corrected chi connectivity index (χ3v) is 3.72. The lowest BCUT2D eigenvalue weighted by Gasteiger charge is -2.07. The number of amides is 1. The maximum absolute atomic E-state index is 11.7. The first-order chi connectivity index (χ1) is 10.8. The maximum atomic E-state index is 11.7. The predicted molar refractivity (Wildman–Crippen MR) is 84.0 cm³/mol. The van der Waals surface area contributed by atoms with Gasteiger partial charge < -0.3 is 15.0 Å². The smallest absolute Gasteiger partial charge is 0.227 e. The Morgan fingerprint density at radius 3 is 2.91 bits per heavy atom. The van der Waals surface area contributed by atoms with Gasteiger partial charge >= 0.3 is 0 Å². The van der Waals surface area contributed by atoms with Gasteiger partial charge in [0.25, 0.3) is 0 Å². The number of aromatic amines is 1. The van der Waals surface area contributed by atoms with Gasteiger partial charge in [0.1, 0.15) is 5.75 Å². The van der Waals surface area contributed by atoms with Gasteiger partial charge in [-0.25, -0.2) is 4.98 Å². The number of rotatable bonds is 4. The Hall–Kier alpha value is -2.82. The van der Waals surface area contributed by atoms with Crippen molar-refractivity contribution in [3.63, 3.8) is 0 Å². The molecule has 1 aliphatic rings. The van der Waals surface area contributed by atoms with Crippen LogP contribution in [0.1, 0.15) is 12.8 Å². The molecule has 2 N–H and O–H groups in total. The van der Waals surface area contributed by atoms with Crippen molar-refractivity contribution in [2.24, 2.45) is 5.92 Å². The van der Waals surface area contributed by atoms with Gasteiger partial charge in [-0.3, -0.25) is 4.79 Å². The lowest BCUT2D eigenvalue weighted by atomic mass is 10.2. The molecule has 5 nitrogen and oxygen atoms in total. The molecule has 1 saturated carbocycles. The van der Waals surface area contributed by atoms with Crippen LogP contribution in [-0.4, -0.2) is 15.9 Å². The van der Waals surface area contributed by atoms with E-state index in [9.17, 15) is 4.79 Å². The molecule has 0 bridgehead atoms. The van der Waals surface area contributed by atoms with Crippen LogP contribution >= 0.6 is 0 Å². The molecule has 1 aliphatic carbocycles. The molecule has 1 fully saturated rings. The third kappa shape index (κ3) is 2.53. The lowest BCUT2D eigenvalue weighted by Crippen LogP contribution is -2.13. The molecular formula is C17H15N3O2. The van der Waals surface area contributed by atoms with Crippen molar-refractivity contribution in [1.29, 1.82) is 0 Å². The van der Waals surface area contributed by atoms with Gasteiger partial charge in [0.2, 0.25) is 11.8 Å². The zero-order valence-corrected chi connectivity index (χ0v) is 11.9. The summed E-state index contributed by atoms with van der Waals surface area (Å²) in [4.78, 5) is 19.1. The monoisotopic (exact) mass is 293 g/mol. The Bertz CT molecular complexity index is 819. The van der Waals surface area contributed by atoms with Crippen LogP contribution in [0.5, 0.6) is 11.6 Å². The highest BCUT2D eigenvalue weighted by Gasteiger charge is 2.29. The fourth-order valence-electron chi connectivity index (χ4n) is 2.36. The number of carbonyl (C=O) groups excluding carboxylic acids is 1. The van der Waals surface area contributed by atoms with Gasteiger partial charge in [-0.05, 0) is 37.1 Å². The van der Waals surface area contributed by atoms with Crippen LogP contribution in [0.3, 0.4) is 0 Å². The van der Waals surface area contributed by atoms with Crippen molar-refractivity contribution in [3.8, 4) is 11.6 Å². The van der Waals surface area contributed by atoms with E-state index >= 15 is 0 Å². The van der Waals surface area contributed by atoms with Crippen molar-refractivity contribution < 1.29 is 9.53 Å². The quantitative estimate of drug-likeness (QED) is 0.770. The summed E-state index contributed by atoms with van der Waals surface area (Å²) in [5, 5.41) is 3.87. The first-order valence-electron chi connectivity index (χ1n) is 7.30. The number of ether oxygens (including phenoxy) is 1. The van der Waals surface area contributed by atoms with Crippen molar-refractivity contribution in [1.82, 2.24) is 9.97 Å². The molecule has 3 aromatic rings. The molecule has 1 amide bonds. The Morgan fingerprint density at radius 1 is 1.23 bits per heavy atom. The highest BCUT2D eigenvalue weighted by molar-refractivity contribution is 5.93. The van der Waals surface area contributed by atoms with Gasteiger partial charge in [0.15, 0.2) is 0 Å². The molecule has 2 heterocycles. The van der Waals surface area contributed by atoms with E-state index in [4.69, 9.17) is 4.74 Å². The number of carbonyl (C=O) groups is 1. The molecule has 0 atom stereocenters. The summed E-state index contributed by atoms with van der Waals surface area (Å²) in [6.45, 7) is 0. The van der Waals surface area contributed by atoms with Gasteiger partial charge in [0.05, 0.1) is 11.9 Å². The normalized spacial score (nSPS) is 14.0. The first kappa shape index (κ1) is 12.9.